The Morgan fingerprint density at radius 1 is 1.37 bits per heavy atom. The third-order valence-electron chi connectivity index (χ3n) is 2.96. The number of aliphatic hydroxyl groups excluding tert-OH is 1. The molecule has 0 aliphatic rings. The molecule has 6 nitrogen and oxygen atoms in total. The fraction of sp³-hybridized carbons (Fsp3) is 0.500. The zero-order valence-electron chi connectivity index (χ0n) is 11.3. The Morgan fingerprint density at radius 2 is 1.95 bits per heavy atom. The SMILES string of the molecule is Cc1ccc(N)c(S(=O)(=O)NCC(C)(O)CO)c1C. The molecule has 5 N–H and O–H groups in total. The van der Waals surface area contributed by atoms with E-state index < -0.39 is 22.2 Å². The number of nitrogens with one attached hydrogen (secondary N) is 1. The predicted octanol–water partition coefficient (Wildman–Crippen LogP) is -0.0928. The monoisotopic (exact) mass is 288 g/mol. The van der Waals surface area contributed by atoms with Gasteiger partial charge >= 0.3 is 0 Å². The molecule has 19 heavy (non-hydrogen) atoms. The van der Waals surface area contributed by atoms with Crippen LogP contribution < -0.4 is 10.5 Å². The van der Waals surface area contributed by atoms with Gasteiger partial charge in [0.2, 0.25) is 10.0 Å². The van der Waals surface area contributed by atoms with Gasteiger partial charge in [-0.05, 0) is 38.0 Å². The lowest BCUT2D eigenvalue weighted by molar-refractivity contribution is 0.00681. The molecular formula is C12H20N2O4S. The van der Waals surface area contributed by atoms with E-state index in [0.717, 1.165) is 5.56 Å². The molecule has 7 heteroatoms. The van der Waals surface area contributed by atoms with E-state index in [1.54, 1.807) is 19.9 Å². The molecule has 108 valence electrons. The molecule has 0 aliphatic carbocycles. The van der Waals surface area contributed by atoms with E-state index in [1.165, 1.54) is 13.0 Å². The van der Waals surface area contributed by atoms with Gasteiger partial charge in [-0.15, -0.1) is 0 Å². The summed E-state index contributed by atoms with van der Waals surface area (Å²) in [7, 11) is -3.83. The molecule has 1 rings (SSSR count). The third kappa shape index (κ3) is 3.66. The Bertz CT molecular complexity index is 567. The van der Waals surface area contributed by atoms with Crippen LogP contribution in [0.15, 0.2) is 17.0 Å². The summed E-state index contributed by atoms with van der Waals surface area (Å²) in [4.78, 5) is 0.0150. The Hall–Kier alpha value is -1.15. The predicted molar refractivity (Wildman–Crippen MR) is 73.2 cm³/mol. The van der Waals surface area contributed by atoms with Gasteiger partial charge in [-0.25, -0.2) is 13.1 Å². The number of rotatable bonds is 5. The first kappa shape index (κ1) is 15.9. The van der Waals surface area contributed by atoms with E-state index in [9.17, 15) is 13.5 Å². The minimum absolute atomic E-state index is 0.0150. The lowest BCUT2D eigenvalue weighted by Gasteiger charge is -2.21. The highest BCUT2D eigenvalue weighted by molar-refractivity contribution is 7.89. The number of aryl methyl sites for hydroxylation is 1. The van der Waals surface area contributed by atoms with E-state index in [4.69, 9.17) is 10.8 Å². The quantitative estimate of drug-likeness (QED) is 0.566. The molecular weight excluding hydrogens is 268 g/mol. The number of benzene rings is 1. The van der Waals surface area contributed by atoms with Crippen molar-refractivity contribution < 1.29 is 18.6 Å². The van der Waals surface area contributed by atoms with Gasteiger partial charge in [-0.2, -0.15) is 0 Å². The maximum Gasteiger partial charge on any atom is 0.242 e. The maximum atomic E-state index is 12.2. The van der Waals surface area contributed by atoms with Gasteiger partial charge < -0.3 is 15.9 Å². The van der Waals surface area contributed by atoms with Gasteiger partial charge in [-0.3, -0.25) is 0 Å². The summed E-state index contributed by atoms with van der Waals surface area (Å²) in [5.74, 6) is 0. The van der Waals surface area contributed by atoms with Crippen molar-refractivity contribution in [3.05, 3.63) is 23.3 Å². The second kappa shape index (κ2) is 5.46. The number of hydrogen-bond acceptors (Lipinski definition) is 5. The van der Waals surface area contributed by atoms with Crippen LogP contribution in [0.1, 0.15) is 18.1 Å². The molecule has 0 saturated carbocycles. The minimum atomic E-state index is -3.83. The molecule has 0 saturated heterocycles. The molecule has 1 unspecified atom stereocenters. The zero-order valence-corrected chi connectivity index (χ0v) is 12.1. The highest BCUT2D eigenvalue weighted by atomic mass is 32.2. The van der Waals surface area contributed by atoms with E-state index in [1.807, 2.05) is 0 Å². The lowest BCUT2D eigenvalue weighted by atomic mass is 10.1. The molecule has 0 radical (unpaired) electrons. The standard InChI is InChI=1S/C12H20N2O4S/c1-8-4-5-10(13)11(9(8)2)19(17,18)14-6-12(3,16)7-15/h4-5,14-16H,6-7,13H2,1-3H3. The van der Waals surface area contributed by atoms with Gasteiger partial charge in [0.05, 0.1) is 17.9 Å². The summed E-state index contributed by atoms with van der Waals surface area (Å²) in [6, 6.07) is 3.27. The summed E-state index contributed by atoms with van der Waals surface area (Å²) >= 11 is 0. The van der Waals surface area contributed by atoms with Crippen molar-refractivity contribution in [2.75, 3.05) is 18.9 Å². The van der Waals surface area contributed by atoms with E-state index in [0.29, 0.717) is 5.56 Å². The van der Waals surface area contributed by atoms with Crippen molar-refractivity contribution in [1.82, 2.24) is 4.72 Å². The van der Waals surface area contributed by atoms with Crippen LogP contribution in [0.5, 0.6) is 0 Å². The van der Waals surface area contributed by atoms with Crippen molar-refractivity contribution in [2.24, 2.45) is 0 Å². The van der Waals surface area contributed by atoms with Crippen LogP contribution >= 0.6 is 0 Å². The molecule has 0 bridgehead atoms. The maximum absolute atomic E-state index is 12.2. The van der Waals surface area contributed by atoms with Crippen LogP contribution in [0, 0.1) is 13.8 Å². The van der Waals surface area contributed by atoms with Gasteiger partial charge in [0, 0.05) is 6.54 Å². The molecule has 0 fully saturated rings. The Morgan fingerprint density at radius 3 is 2.47 bits per heavy atom. The zero-order chi connectivity index (χ0) is 14.8. The van der Waals surface area contributed by atoms with E-state index in [2.05, 4.69) is 4.72 Å². The average Bonchev–Trinajstić information content (AvgIpc) is 2.32. The third-order valence-corrected chi connectivity index (χ3v) is 4.56. The number of sulfonamides is 1. The summed E-state index contributed by atoms with van der Waals surface area (Å²) in [6.07, 6.45) is 0. The highest BCUT2D eigenvalue weighted by Crippen LogP contribution is 2.25. The highest BCUT2D eigenvalue weighted by Gasteiger charge is 2.26. The van der Waals surface area contributed by atoms with Crippen molar-refractivity contribution in [3.8, 4) is 0 Å². The van der Waals surface area contributed by atoms with Crippen LogP contribution in [-0.4, -0.2) is 37.4 Å². The first-order chi connectivity index (χ1) is 8.60. The molecule has 0 aromatic heterocycles. The van der Waals surface area contributed by atoms with Crippen molar-refractivity contribution >= 4 is 15.7 Å². The van der Waals surface area contributed by atoms with E-state index in [-0.39, 0.29) is 17.1 Å². The number of aliphatic hydroxyl groups is 2. The number of nitrogen functional groups attached to an aromatic ring is 1. The van der Waals surface area contributed by atoms with Crippen LogP contribution in [-0.2, 0) is 10.0 Å². The first-order valence-corrected chi connectivity index (χ1v) is 7.27. The molecule has 0 amide bonds. The molecule has 1 aromatic carbocycles. The minimum Gasteiger partial charge on any atom is -0.398 e. The van der Waals surface area contributed by atoms with Crippen LogP contribution in [0.2, 0.25) is 0 Å². The largest absolute Gasteiger partial charge is 0.398 e. The molecule has 0 spiro atoms. The lowest BCUT2D eigenvalue weighted by Crippen LogP contribution is -2.43. The van der Waals surface area contributed by atoms with Gasteiger partial charge in [-0.1, -0.05) is 6.07 Å². The first-order valence-electron chi connectivity index (χ1n) is 5.79. The van der Waals surface area contributed by atoms with Gasteiger partial charge in [0.15, 0.2) is 0 Å². The van der Waals surface area contributed by atoms with Crippen LogP contribution in [0.3, 0.4) is 0 Å². The molecule has 0 heterocycles. The second-order valence-corrected chi connectivity index (χ2v) is 6.61. The number of nitrogens with two attached hydrogens (primary N) is 1. The normalized spacial score (nSPS) is 15.2. The van der Waals surface area contributed by atoms with Crippen LogP contribution in [0.4, 0.5) is 5.69 Å². The summed E-state index contributed by atoms with van der Waals surface area (Å²) in [6.45, 7) is 3.96. The average molecular weight is 288 g/mol. The van der Waals surface area contributed by atoms with Gasteiger partial charge in [0.25, 0.3) is 0 Å². The number of anilines is 1. The van der Waals surface area contributed by atoms with Crippen molar-refractivity contribution in [1.29, 1.82) is 0 Å². The number of hydrogen-bond donors (Lipinski definition) is 4. The topological polar surface area (TPSA) is 113 Å². The Kier molecular flexibility index (Phi) is 4.57. The molecule has 1 atom stereocenters. The second-order valence-electron chi connectivity index (χ2n) is 4.91. The Labute approximate surface area is 113 Å². The summed E-state index contributed by atoms with van der Waals surface area (Å²) < 4.78 is 26.7. The summed E-state index contributed by atoms with van der Waals surface area (Å²) in [5, 5.41) is 18.5. The molecule has 0 aliphatic heterocycles. The van der Waals surface area contributed by atoms with E-state index >= 15 is 0 Å². The Balaban J connectivity index is 3.12. The van der Waals surface area contributed by atoms with Crippen molar-refractivity contribution in [2.45, 2.75) is 31.3 Å². The smallest absolute Gasteiger partial charge is 0.242 e. The summed E-state index contributed by atoms with van der Waals surface area (Å²) in [5.41, 5.74) is 5.73. The fourth-order valence-electron chi connectivity index (χ4n) is 1.55. The van der Waals surface area contributed by atoms with Crippen molar-refractivity contribution in [3.63, 3.8) is 0 Å². The van der Waals surface area contributed by atoms with Crippen LogP contribution in [0.25, 0.3) is 0 Å². The molecule has 1 aromatic rings. The van der Waals surface area contributed by atoms with Gasteiger partial charge in [0.1, 0.15) is 4.90 Å². The fourth-order valence-corrected chi connectivity index (χ4v) is 3.13.